The number of aryl methyl sites for hydroxylation is 1. The van der Waals surface area contributed by atoms with Gasteiger partial charge in [-0.05, 0) is 23.8 Å². The van der Waals surface area contributed by atoms with Crippen LogP contribution in [0.4, 0.5) is 0 Å². The Balaban J connectivity index is 1.17. The third-order valence-electron chi connectivity index (χ3n) is 6.07. The van der Waals surface area contributed by atoms with Crippen molar-refractivity contribution < 1.29 is 4.79 Å². The van der Waals surface area contributed by atoms with Crippen molar-refractivity contribution in [3.63, 3.8) is 0 Å². The topological polar surface area (TPSA) is 82.2 Å². The summed E-state index contributed by atoms with van der Waals surface area (Å²) in [5.41, 5.74) is 2.77. The molecule has 2 aromatic carbocycles. The summed E-state index contributed by atoms with van der Waals surface area (Å²) in [4.78, 5) is 41.1. The Morgan fingerprint density at radius 1 is 0.969 bits per heavy atom. The molecule has 162 valence electrons. The summed E-state index contributed by atoms with van der Waals surface area (Å²) in [5.74, 6) is 0.663. The minimum atomic E-state index is -0.158. The van der Waals surface area contributed by atoms with Gasteiger partial charge in [-0.3, -0.25) is 19.5 Å². The van der Waals surface area contributed by atoms with Crippen molar-refractivity contribution in [1.29, 1.82) is 0 Å². The summed E-state index contributed by atoms with van der Waals surface area (Å²) >= 11 is 0. The zero-order valence-electron chi connectivity index (χ0n) is 17.8. The molecule has 4 aromatic rings. The SMILES string of the molecule is O=C(CCc1nc2ccccc2c(=O)[nH]1)N1CCN(Cc2cccc3cccnc23)CC1. The normalized spacial score (nSPS) is 14.8. The molecule has 1 saturated heterocycles. The van der Waals surface area contributed by atoms with Gasteiger partial charge >= 0.3 is 0 Å². The van der Waals surface area contributed by atoms with Crippen molar-refractivity contribution in [3.8, 4) is 0 Å². The Labute approximate surface area is 185 Å². The van der Waals surface area contributed by atoms with Gasteiger partial charge in [0.25, 0.3) is 5.56 Å². The lowest BCUT2D eigenvalue weighted by atomic mass is 10.1. The molecule has 0 aliphatic carbocycles. The van der Waals surface area contributed by atoms with E-state index in [0.717, 1.165) is 30.5 Å². The summed E-state index contributed by atoms with van der Waals surface area (Å²) in [6.45, 7) is 3.91. The molecule has 0 unspecified atom stereocenters. The summed E-state index contributed by atoms with van der Waals surface area (Å²) in [6.07, 6.45) is 2.61. The standard InChI is InChI=1S/C25H25N5O2/c31-23(11-10-22-27-21-9-2-1-8-20(21)25(32)28-22)30-15-13-29(14-16-30)17-19-6-3-5-18-7-4-12-26-24(18)19/h1-9,12H,10-11,13-17H2,(H,27,28,32). The number of carbonyl (C=O) groups excluding carboxylic acids is 1. The molecule has 1 aliphatic rings. The fraction of sp³-hybridized carbons (Fsp3) is 0.280. The molecule has 7 heteroatoms. The molecule has 1 amide bonds. The Bertz CT molecular complexity index is 1320. The van der Waals surface area contributed by atoms with Crippen LogP contribution in [0.25, 0.3) is 21.8 Å². The third kappa shape index (κ3) is 4.24. The highest BCUT2D eigenvalue weighted by molar-refractivity contribution is 5.81. The van der Waals surface area contributed by atoms with Crippen LogP contribution in [0.1, 0.15) is 17.8 Å². The molecule has 1 fully saturated rings. The first-order chi connectivity index (χ1) is 15.7. The second-order valence-corrected chi connectivity index (χ2v) is 8.18. The van der Waals surface area contributed by atoms with Crippen LogP contribution >= 0.6 is 0 Å². The lowest BCUT2D eigenvalue weighted by Gasteiger charge is -2.35. The fourth-order valence-corrected chi connectivity index (χ4v) is 4.33. The van der Waals surface area contributed by atoms with Gasteiger partial charge in [0.15, 0.2) is 0 Å². The molecule has 5 rings (SSSR count). The molecule has 0 bridgehead atoms. The second-order valence-electron chi connectivity index (χ2n) is 8.18. The highest BCUT2D eigenvalue weighted by atomic mass is 16.2. The monoisotopic (exact) mass is 427 g/mol. The van der Waals surface area contributed by atoms with E-state index in [-0.39, 0.29) is 11.5 Å². The number of para-hydroxylation sites is 2. The Morgan fingerprint density at radius 2 is 1.78 bits per heavy atom. The van der Waals surface area contributed by atoms with Crippen LogP contribution in [0, 0.1) is 0 Å². The van der Waals surface area contributed by atoms with E-state index >= 15 is 0 Å². The number of nitrogens with zero attached hydrogens (tertiary/aromatic N) is 4. The van der Waals surface area contributed by atoms with Crippen LogP contribution < -0.4 is 5.56 Å². The average molecular weight is 428 g/mol. The third-order valence-corrected chi connectivity index (χ3v) is 6.07. The quantitative estimate of drug-likeness (QED) is 0.530. The van der Waals surface area contributed by atoms with Crippen LogP contribution in [0.15, 0.2) is 65.6 Å². The zero-order valence-corrected chi connectivity index (χ0v) is 17.8. The molecular formula is C25H25N5O2. The number of piperazine rings is 1. The summed E-state index contributed by atoms with van der Waals surface area (Å²) in [6, 6.07) is 17.6. The number of hydrogen-bond donors (Lipinski definition) is 1. The lowest BCUT2D eigenvalue weighted by Crippen LogP contribution is -2.48. The maximum atomic E-state index is 12.7. The number of hydrogen-bond acceptors (Lipinski definition) is 5. The van der Waals surface area contributed by atoms with Gasteiger partial charge in [-0.2, -0.15) is 0 Å². The number of fused-ring (bicyclic) bond motifs is 2. The van der Waals surface area contributed by atoms with Gasteiger partial charge in [-0.25, -0.2) is 4.98 Å². The van der Waals surface area contributed by atoms with E-state index in [4.69, 9.17) is 0 Å². The maximum absolute atomic E-state index is 12.7. The molecule has 0 saturated carbocycles. The molecular weight excluding hydrogens is 402 g/mol. The van der Waals surface area contributed by atoms with Crippen molar-refractivity contribution in [3.05, 3.63) is 82.5 Å². The number of amides is 1. The van der Waals surface area contributed by atoms with Crippen molar-refractivity contribution in [1.82, 2.24) is 24.8 Å². The minimum Gasteiger partial charge on any atom is -0.340 e. The summed E-state index contributed by atoms with van der Waals surface area (Å²) in [5, 5.41) is 1.72. The first-order valence-corrected chi connectivity index (χ1v) is 11.0. The first kappa shape index (κ1) is 20.3. The molecule has 3 heterocycles. The fourth-order valence-electron chi connectivity index (χ4n) is 4.33. The number of benzene rings is 2. The number of rotatable bonds is 5. The Morgan fingerprint density at radius 3 is 2.66 bits per heavy atom. The van der Waals surface area contributed by atoms with Gasteiger partial charge < -0.3 is 9.88 Å². The van der Waals surface area contributed by atoms with Crippen LogP contribution in [0.2, 0.25) is 0 Å². The summed E-state index contributed by atoms with van der Waals surface area (Å²) in [7, 11) is 0. The number of nitrogens with one attached hydrogen (secondary N) is 1. The molecule has 0 atom stereocenters. The number of pyridine rings is 1. The van der Waals surface area contributed by atoms with E-state index in [1.807, 2.05) is 35.4 Å². The largest absolute Gasteiger partial charge is 0.340 e. The number of aromatic amines is 1. The number of H-pyrrole nitrogens is 1. The molecule has 1 N–H and O–H groups in total. The van der Waals surface area contributed by atoms with E-state index in [1.165, 1.54) is 5.56 Å². The van der Waals surface area contributed by atoms with Gasteiger partial charge in [-0.1, -0.05) is 36.4 Å². The van der Waals surface area contributed by atoms with Crippen molar-refractivity contribution in [2.45, 2.75) is 19.4 Å². The lowest BCUT2D eigenvalue weighted by molar-refractivity contribution is -0.133. The zero-order chi connectivity index (χ0) is 21.9. The smallest absolute Gasteiger partial charge is 0.258 e. The molecule has 32 heavy (non-hydrogen) atoms. The van der Waals surface area contributed by atoms with E-state index in [9.17, 15) is 9.59 Å². The number of aromatic nitrogens is 3. The minimum absolute atomic E-state index is 0.104. The highest BCUT2D eigenvalue weighted by Crippen LogP contribution is 2.18. The predicted octanol–water partition coefficient (Wildman–Crippen LogP) is 2.75. The van der Waals surface area contributed by atoms with Crippen LogP contribution in [-0.2, 0) is 17.8 Å². The van der Waals surface area contributed by atoms with Crippen LogP contribution in [0.5, 0.6) is 0 Å². The summed E-state index contributed by atoms with van der Waals surface area (Å²) < 4.78 is 0. The maximum Gasteiger partial charge on any atom is 0.258 e. The number of carbonyl (C=O) groups is 1. The van der Waals surface area contributed by atoms with Crippen LogP contribution in [0.3, 0.4) is 0 Å². The molecule has 0 radical (unpaired) electrons. The molecule has 7 nitrogen and oxygen atoms in total. The van der Waals surface area contributed by atoms with Gasteiger partial charge in [0, 0.05) is 57.1 Å². The molecule has 2 aromatic heterocycles. The van der Waals surface area contributed by atoms with E-state index in [1.54, 1.807) is 6.07 Å². The van der Waals surface area contributed by atoms with Gasteiger partial charge in [0.1, 0.15) is 5.82 Å². The van der Waals surface area contributed by atoms with Gasteiger partial charge in [-0.15, -0.1) is 0 Å². The van der Waals surface area contributed by atoms with E-state index < -0.39 is 0 Å². The van der Waals surface area contributed by atoms with E-state index in [0.29, 0.717) is 42.7 Å². The first-order valence-electron chi connectivity index (χ1n) is 11.0. The average Bonchev–Trinajstić information content (AvgIpc) is 2.83. The van der Waals surface area contributed by atoms with Gasteiger partial charge in [0.05, 0.1) is 16.4 Å². The molecule has 0 spiro atoms. The highest BCUT2D eigenvalue weighted by Gasteiger charge is 2.21. The Kier molecular flexibility index (Phi) is 5.64. The van der Waals surface area contributed by atoms with E-state index in [2.05, 4.69) is 44.1 Å². The van der Waals surface area contributed by atoms with Crippen molar-refractivity contribution in [2.75, 3.05) is 26.2 Å². The van der Waals surface area contributed by atoms with Crippen molar-refractivity contribution >= 4 is 27.7 Å². The van der Waals surface area contributed by atoms with Gasteiger partial charge in [0.2, 0.25) is 5.91 Å². The van der Waals surface area contributed by atoms with Crippen LogP contribution in [-0.4, -0.2) is 56.8 Å². The second kappa shape index (κ2) is 8.88. The predicted molar refractivity (Wildman–Crippen MR) is 124 cm³/mol. The van der Waals surface area contributed by atoms with Crippen molar-refractivity contribution in [2.24, 2.45) is 0 Å². The molecule has 1 aliphatic heterocycles. The Hall–Kier alpha value is -3.58.